The van der Waals surface area contributed by atoms with E-state index in [-0.39, 0.29) is 5.41 Å². The molecule has 0 saturated heterocycles. The first-order valence-electron chi connectivity index (χ1n) is 10.8. The van der Waals surface area contributed by atoms with Crippen LogP contribution in [-0.2, 0) is 4.84 Å². The van der Waals surface area contributed by atoms with Gasteiger partial charge in [0, 0.05) is 18.5 Å². The lowest BCUT2D eigenvalue weighted by molar-refractivity contribution is -0.0985. The van der Waals surface area contributed by atoms with Crippen molar-refractivity contribution in [2.45, 2.75) is 57.5 Å². The van der Waals surface area contributed by atoms with Crippen LogP contribution in [0.15, 0.2) is 42.0 Å². The maximum atomic E-state index is 11.6. The fourth-order valence-corrected chi connectivity index (χ4v) is 5.23. The molecule has 1 aromatic rings. The van der Waals surface area contributed by atoms with Crippen molar-refractivity contribution in [2.75, 3.05) is 33.8 Å². The van der Waals surface area contributed by atoms with Gasteiger partial charge in [-0.15, -0.1) is 0 Å². The number of nitrogens with one attached hydrogen (secondary N) is 1. The zero-order chi connectivity index (χ0) is 20.2. The van der Waals surface area contributed by atoms with E-state index in [0.717, 1.165) is 45.2 Å². The zero-order valence-electron chi connectivity index (χ0n) is 18.1. The average Bonchev–Trinajstić information content (AvgIpc) is 2.92. The Morgan fingerprint density at radius 3 is 2.71 bits per heavy atom. The lowest BCUT2D eigenvalue weighted by Crippen LogP contribution is -2.49. The quantitative estimate of drug-likeness (QED) is 0.401. The number of likely N-dealkylation sites (N-methyl/N-ethyl adjacent to an activating group) is 1. The summed E-state index contributed by atoms with van der Waals surface area (Å²) in [5.74, 6) is 0.924. The van der Waals surface area contributed by atoms with Gasteiger partial charge in [-0.3, -0.25) is 0 Å². The van der Waals surface area contributed by atoms with Crippen molar-refractivity contribution in [1.82, 2.24) is 10.4 Å². The van der Waals surface area contributed by atoms with E-state index in [1.54, 1.807) is 0 Å². The molecule has 2 saturated carbocycles. The molecule has 0 aliphatic heterocycles. The van der Waals surface area contributed by atoms with Crippen LogP contribution in [-0.4, -0.2) is 49.4 Å². The van der Waals surface area contributed by atoms with E-state index in [1.165, 1.54) is 11.1 Å². The van der Waals surface area contributed by atoms with Crippen molar-refractivity contribution in [3.05, 3.63) is 47.5 Å². The van der Waals surface area contributed by atoms with Gasteiger partial charge in [0.25, 0.3) is 0 Å². The lowest BCUT2D eigenvalue weighted by atomic mass is 9.59. The summed E-state index contributed by atoms with van der Waals surface area (Å²) in [5, 5.41) is 11.6. The highest BCUT2D eigenvalue weighted by atomic mass is 16.6. The smallest absolute Gasteiger partial charge is 0.0809 e. The molecule has 3 rings (SSSR count). The minimum absolute atomic E-state index is 0.0225. The molecule has 4 nitrogen and oxygen atoms in total. The second-order valence-electron chi connectivity index (χ2n) is 9.43. The van der Waals surface area contributed by atoms with E-state index in [9.17, 15) is 5.11 Å². The molecule has 28 heavy (non-hydrogen) atoms. The summed E-state index contributed by atoms with van der Waals surface area (Å²) in [5.41, 5.74) is 5.18. The number of fused-ring (bicyclic) bond motifs is 1. The molecule has 0 radical (unpaired) electrons. The van der Waals surface area contributed by atoms with Gasteiger partial charge in [0.1, 0.15) is 0 Å². The van der Waals surface area contributed by atoms with Gasteiger partial charge in [0.15, 0.2) is 0 Å². The maximum absolute atomic E-state index is 11.6. The highest BCUT2D eigenvalue weighted by Gasteiger charge is 2.58. The largest absolute Gasteiger partial charge is 0.389 e. The van der Waals surface area contributed by atoms with Crippen LogP contribution in [0.1, 0.15) is 57.4 Å². The van der Waals surface area contributed by atoms with Gasteiger partial charge >= 0.3 is 0 Å². The monoisotopic (exact) mass is 386 g/mol. The summed E-state index contributed by atoms with van der Waals surface area (Å²) in [6.45, 7) is 6.81. The third-order valence-corrected chi connectivity index (χ3v) is 7.20. The average molecular weight is 387 g/mol. The molecule has 2 fully saturated rings. The lowest BCUT2D eigenvalue weighted by Gasteiger charge is -2.49. The van der Waals surface area contributed by atoms with Crippen molar-refractivity contribution in [3.8, 4) is 0 Å². The Hall–Kier alpha value is -1.20. The highest BCUT2D eigenvalue weighted by molar-refractivity contribution is 5.25. The molecule has 156 valence electrons. The van der Waals surface area contributed by atoms with Gasteiger partial charge in [-0.1, -0.05) is 48.9 Å². The fourth-order valence-electron chi connectivity index (χ4n) is 5.23. The first-order chi connectivity index (χ1) is 13.3. The molecule has 2 N–H and O–H groups in total. The first-order valence-corrected chi connectivity index (χ1v) is 10.8. The van der Waals surface area contributed by atoms with Crippen molar-refractivity contribution in [2.24, 2.45) is 11.3 Å². The van der Waals surface area contributed by atoms with Gasteiger partial charge in [-0.25, -0.2) is 0 Å². The number of allylic oxidation sites excluding steroid dienone is 1. The van der Waals surface area contributed by atoms with Crippen LogP contribution >= 0.6 is 0 Å². The molecular formula is C24H38N2O2. The SMILES string of the molecule is CC(=C[C@H]1CC[C@]2(O)C[C@@H](c3ccccc3)CC[C@]12C)CNOCCN(C)C. The second-order valence-corrected chi connectivity index (χ2v) is 9.43. The standard InChI is InChI=1S/C24H38N2O2/c1-19(18-25-28-15-14-26(3)4)16-22-11-13-24(27)17-21(10-12-23(22,24)2)20-8-6-5-7-9-20/h5-9,16,21-22,25,27H,10-15,17-18H2,1-4H3/t21-,22+,23+,24-/m0/s1. The van der Waals surface area contributed by atoms with Crippen LogP contribution in [0.3, 0.4) is 0 Å². The predicted octanol–water partition coefficient (Wildman–Crippen LogP) is 4.13. The molecule has 4 atom stereocenters. The summed E-state index contributed by atoms with van der Waals surface area (Å²) < 4.78 is 0. The summed E-state index contributed by atoms with van der Waals surface area (Å²) in [7, 11) is 4.09. The van der Waals surface area contributed by atoms with Crippen LogP contribution in [0.2, 0.25) is 0 Å². The van der Waals surface area contributed by atoms with Crippen LogP contribution in [0, 0.1) is 11.3 Å². The summed E-state index contributed by atoms with van der Waals surface area (Å²) in [4.78, 5) is 7.62. The number of hydrogen-bond acceptors (Lipinski definition) is 4. The Labute approximate surface area is 170 Å². The van der Waals surface area contributed by atoms with Gasteiger partial charge < -0.3 is 14.8 Å². The summed E-state index contributed by atoms with van der Waals surface area (Å²) in [6.07, 6.45) is 7.52. The Bertz CT molecular complexity index is 660. The molecule has 4 heteroatoms. The summed E-state index contributed by atoms with van der Waals surface area (Å²) >= 11 is 0. The molecule has 0 aromatic heterocycles. The van der Waals surface area contributed by atoms with Gasteiger partial charge in [-0.2, -0.15) is 5.48 Å². The molecule has 0 heterocycles. The maximum Gasteiger partial charge on any atom is 0.0809 e. The normalized spacial score (nSPS) is 33.3. The fraction of sp³-hybridized carbons (Fsp3) is 0.667. The van der Waals surface area contributed by atoms with Gasteiger partial charge in [0.05, 0.1) is 12.2 Å². The van der Waals surface area contributed by atoms with E-state index in [1.807, 2.05) is 14.1 Å². The highest BCUT2D eigenvalue weighted by Crippen LogP contribution is 2.61. The number of nitrogens with zero attached hydrogens (tertiary/aromatic N) is 1. The number of aliphatic hydroxyl groups is 1. The Morgan fingerprint density at radius 2 is 2.00 bits per heavy atom. The van der Waals surface area contributed by atoms with E-state index >= 15 is 0 Å². The Balaban J connectivity index is 1.58. The van der Waals surface area contributed by atoms with Crippen LogP contribution in [0.4, 0.5) is 0 Å². The van der Waals surface area contributed by atoms with Crippen LogP contribution in [0.5, 0.6) is 0 Å². The Morgan fingerprint density at radius 1 is 1.25 bits per heavy atom. The third-order valence-electron chi connectivity index (χ3n) is 7.20. The van der Waals surface area contributed by atoms with E-state index in [4.69, 9.17) is 4.84 Å². The predicted molar refractivity (Wildman–Crippen MR) is 115 cm³/mol. The van der Waals surface area contributed by atoms with Gasteiger partial charge in [0.2, 0.25) is 0 Å². The van der Waals surface area contributed by atoms with Crippen LogP contribution in [0.25, 0.3) is 0 Å². The van der Waals surface area contributed by atoms with Crippen molar-refractivity contribution in [3.63, 3.8) is 0 Å². The van der Waals surface area contributed by atoms with E-state index in [2.05, 4.69) is 60.6 Å². The van der Waals surface area contributed by atoms with E-state index < -0.39 is 5.60 Å². The number of hydroxylamine groups is 1. The summed E-state index contributed by atoms with van der Waals surface area (Å²) in [6, 6.07) is 10.7. The number of benzene rings is 1. The van der Waals surface area contributed by atoms with Crippen molar-refractivity contribution in [1.29, 1.82) is 0 Å². The van der Waals surface area contributed by atoms with Crippen molar-refractivity contribution >= 4 is 0 Å². The molecule has 0 spiro atoms. The van der Waals surface area contributed by atoms with Crippen LogP contribution < -0.4 is 5.48 Å². The molecule has 0 amide bonds. The van der Waals surface area contributed by atoms with Crippen molar-refractivity contribution < 1.29 is 9.94 Å². The third kappa shape index (κ3) is 4.68. The minimum Gasteiger partial charge on any atom is -0.389 e. The first kappa shape index (κ1) is 21.5. The topological polar surface area (TPSA) is 44.7 Å². The molecule has 2 aliphatic rings. The minimum atomic E-state index is -0.553. The molecule has 0 unspecified atom stereocenters. The Kier molecular flexibility index (Phi) is 6.98. The number of rotatable bonds is 8. The zero-order valence-corrected chi connectivity index (χ0v) is 18.1. The number of hydrogen-bond donors (Lipinski definition) is 2. The molecule has 0 bridgehead atoms. The van der Waals surface area contributed by atoms with Gasteiger partial charge in [-0.05, 0) is 70.5 Å². The van der Waals surface area contributed by atoms with E-state index in [0.29, 0.717) is 18.4 Å². The second kappa shape index (κ2) is 9.08. The molecular weight excluding hydrogens is 348 g/mol. The molecule has 2 aliphatic carbocycles. The molecule has 1 aromatic carbocycles.